The highest BCUT2D eigenvalue weighted by molar-refractivity contribution is 7.97. The molecule has 0 N–H and O–H groups in total. The minimum Gasteiger partial charge on any atom is -0.497 e. The van der Waals surface area contributed by atoms with Crippen LogP contribution in [0.5, 0.6) is 5.75 Å². The summed E-state index contributed by atoms with van der Waals surface area (Å²) in [6.07, 6.45) is 0. The first-order valence-corrected chi connectivity index (χ1v) is 10.1. The van der Waals surface area contributed by atoms with E-state index < -0.39 is 0 Å². The molecule has 0 atom stereocenters. The lowest BCUT2D eigenvalue weighted by molar-refractivity contribution is 0.413. The number of furan rings is 1. The number of benzene rings is 2. The summed E-state index contributed by atoms with van der Waals surface area (Å²) in [6, 6.07) is 19.1. The van der Waals surface area contributed by atoms with Gasteiger partial charge >= 0.3 is 0 Å². The van der Waals surface area contributed by atoms with Gasteiger partial charge in [0.15, 0.2) is 5.76 Å². The Morgan fingerprint density at radius 1 is 1.00 bits per heavy atom. The molecule has 0 saturated heterocycles. The second-order valence-corrected chi connectivity index (χ2v) is 7.39. The molecule has 2 aromatic carbocycles. The maximum absolute atomic E-state index is 6.19. The predicted molar refractivity (Wildman–Crippen MR) is 110 cm³/mol. The number of hydrogen-bond acceptors (Lipinski definition) is 6. The molecule has 5 nitrogen and oxygen atoms in total. The molecule has 2 heterocycles. The number of methoxy groups -OCH3 is 1. The summed E-state index contributed by atoms with van der Waals surface area (Å²) in [6.45, 7) is 0. The molecule has 0 saturated carbocycles. The Morgan fingerprint density at radius 2 is 1.82 bits per heavy atom. The fraction of sp³-hybridized carbons (Fsp3) is 0.143. The van der Waals surface area contributed by atoms with Crippen LogP contribution in [-0.4, -0.2) is 17.3 Å². The highest BCUT2D eigenvalue weighted by Crippen LogP contribution is 2.28. The lowest BCUT2D eigenvalue weighted by Crippen LogP contribution is -1.84. The first kappa shape index (κ1) is 18.7. The number of rotatable bonds is 7. The zero-order valence-electron chi connectivity index (χ0n) is 15.1. The fourth-order valence-corrected chi connectivity index (χ4v) is 3.84. The number of hydrogen-bond donors (Lipinski definition) is 0. The monoisotopic (exact) mass is 412 g/mol. The average Bonchev–Trinajstić information content (AvgIpc) is 3.39. The van der Waals surface area contributed by atoms with Gasteiger partial charge in [-0.1, -0.05) is 35.0 Å². The summed E-state index contributed by atoms with van der Waals surface area (Å²) in [5, 5.41) is 4.82. The topological polar surface area (TPSA) is 61.3 Å². The quantitative estimate of drug-likeness (QED) is 0.366. The van der Waals surface area contributed by atoms with Crippen molar-refractivity contribution in [3.05, 3.63) is 77.0 Å². The van der Waals surface area contributed by atoms with Crippen LogP contribution in [0.25, 0.3) is 23.0 Å². The van der Waals surface area contributed by atoms with Gasteiger partial charge in [0.2, 0.25) is 5.82 Å². The van der Waals surface area contributed by atoms with E-state index in [2.05, 4.69) is 10.1 Å². The lowest BCUT2D eigenvalue weighted by Gasteiger charge is -2.02. The molecule has 0 unspecified atom stereocenters. The van der Waals surface area contributed by atoms with Crippen LogP contribution in [-0.2, 0) is 11.5 Å². The zero-order valence-corrected chi connectivity index (χ0v) is 16.7. The first-order chi connectivity index (χ1) is 13.7. The van der Waals surface area contributed by atoms with Gasteiger partial charge in [-0.3, -0.25) is 0 Å². The van der Waals surface area contributed by atoms with E-state index in [0.717, 1.165) is 39.2 Å². The standard InChI is InChI=1S/C21H17ClN2O3S/c1-25-16-8-6-14(7-9-16)20-23-21(27-24-20)19-11-10-17(26-19)13-28-12-15-4-2-3-5-18(15)22/h2-11H,12-13H2,1H3. The predicted octanol–water partition coefficient (Wildman–Crippen LogP) is 6.09. The SMILES string of the molecule is COc1ccc(-c2noc(-c3ccc(CSCc4ccccc4Cl)o3)n2)cc1. The number of thioether (sulfide) groups is 1. The molecule has 142 valence electrons. The Bertz CT molecular complexity index is 1060. The Hall–Kier alpha value is -2.70. The van der Waals surface area contributed by atoms with Crippen LogP contribution in [0.15, 0.2) is 69.6 Å². The summed E-state index contributed by atoms with van der Waals surface area (Å²) in [5.74, 6) is 4.58. The van der Waals surface area contributed by atoms with Crippen molar-refractivity contribution in [3.63, 3.8) is 0 Å². The van der Waals surface area contributed by atoms with E-state index in [1.54, 1.807) is 18.9 Å². The van der Waals surface area contributed by atoms with Crippen molar-refractivity contribution in [1.82, 2.24) is 10.1 Å². The third-order valence-electron chi connectivity index (χ3n) is 4.11. The Balaban J connectivity index is 1.40. The average molecular weight is 413 g/mol. The van der Waals surface area contributed by atoms with Crippen LogP contribution >= 0.6 is 23.4 Å². The largest absolute Gasteiger partial charge is 0.497 e. The maximum Gasteiger partial charge on any atom is 0.293 e. The smallest absolute Gasteiger partial charge is 0.293 e. The maximum atomic E-state index is 6.19. The van der Waals surface area contributed by atoms with E-state index in [1.165, 1.54) is 0 Å². The molecule has 4 aromatic rings. The van der Waals surface area contributed by atoms with Gasteiger partial charge in [0.1, 0.15) is 11.5 Å². The fourth-order valence-electron chi connectivity index (χ4n) is 2.63. The number of aromatic nitrogens is 2. The molecule has 0 aliphatic heterocycles. The first-order valence-electron chi connectivity index (χ1n) is 8.61. The van der Waals surface area contributed by atoms with Gasteiger partial charge in [-0.05, 0) is 48.0 Å². The van der Waals surface area contributed by atoms with Crippen molar-refractivity contribution in [2.45, 2.75) is 11.5 Å². The lowest BCUT2D eigenvalue weighted by atomic mass is 10.2. The van der Waals surface area contributed by atoms with E-state index in [4.69, 9.17) is 25.3 Å². The zero-order chi connectivity index (χ0) is 19.3. The molecule has 0 fully saturated rings. The van der Waals surface area contributed by atoms with Gasteiger partial charge in [0.25, 0.3) is 5.89 Å². The van der Waals surface area contributed by atoms with Crippen molar-refractivity contribution in [2.24, 2.45) is 0 Å². The van der Waals surface area contributed by atoms with Gasteiger partial charge in [-0.15, -0.1) is 11.8 Å². The van der Waals surface area contributed by atoms with E-state index >= 15 is 0 Å². The van der Waals surface area contributed by atoms with Crippen molar-refractivity contribution >= 4 is 23.4 Å². The third kappa shape index (κ3) is 4.24. The van der Waals surface area contributed by atoms with Crippen LogP contribution in [0.3, 0.4) is 0 Å². The second-order valence-electron chi connectivity index (χ2n) is 6.00. The van der Waals surface area contributed by atoms with Crippen LogP contribution in [0.1, 0.15) is 11.3 Å². The van der Waals surface area contributed by atoms with Gasteiger partial charge in [0, 0.05) is 16.3 Å². The molecule has 0 aliphatic rings. The van der Waals surface area contributed by atoms with Gasteiger partial charge < -0.3 is 13.7 Å². The number of nitrogens with zero attached hydrogens (tertiary/aromatic N) is 2. The molecule has 0 amide bonds. The van der Waals surface area contributed by atoms with Crippen molar-refractivity contribution in [3.8, 4) is 28.8 Å². The van der Waals surface area contributed by atoms with Crippen LogP contribution in [0, 0.1) is 0 Å². The van der Waals surface area contributed by atoms with Gasteiger partial charge in [-0.2, -0.15) is 4.98 Å². The summed E-state index contributed by atoms with van der Waals surface area (Å²) in [5.41, 5.74) is 1.96. The van der Waals surface area contributed by atoms with E-state index in [0.29, 0.717) is 17.5 Å². The number of ether oxygens (including phenoxy) is 1. The third-order valence-corrected chi connectivity index (χ3v) is 5.48. The van der Waals surface area contributed by atoms with Crippen molar-refractivity contribution < 1.29 is 13.7 Å². The summed E-state index contributed by atoms with van der Waals surface area (Å²) >= 11 is 7.92. The van der Waals surface area contributed by atoms with Crippen LogP contribution in [0.4, 0.5) is 0 Å². The molecule has 28 heavy (non-hydrogen) atoms. The number of halogens is 1. The van der Waals surface area contributed by atoms with E-state index in [9.17, 15) is 0 Å². The molecule has 0 aliphatic carbocycles. The molecule has 2 aromatic heterocycles. The molecule has 0 bridgehead atoms. The second kappa shape index (κ2) is 8.54. The Kier molecular flexibility index (Phi) is 5.69. The molecular formula is C21H17ClN2O3S. The minimum absolute atomic E-state index is 0.355. The van der Waals surface area contributed by atoms with Crippen LogP contribution in [0.2, 0.25) is 5.02 Å². The Labute approximate surface area is 171 Å². The van der Waals surface area contributed by atoms with E-state index in [-0.39, 0.29) is 0 Å². The van der Waals surface area contributed by atoms with Gasteiger partial charge in [-0.25, -0.2) is 0 Å². The van der Waals surface area contributed by atoms with Crippen LogP contribution < -0.4 is 4.74 Å². The Morgan fingerprint density at radius 3 is 2.61 bits per heavy atom. The highest BCUT2D eigenvalue weighted by atomic mass is 35.5. The molecule has 0 radical (unpaired) electrons. The van der Waals surface area contributed by atoms with Crippen molar-refractivity contribution in [1.29, 1.82) is 0 Å². The van der Waals surface area contributed by atoms with E-state index in [1.807, 2.05) is 60.7 Å². The van der Waals surface area contributed by atoms with Crippen molar-refractivity contribution in [2.75, 3.05) is 7.11 Å². The normalized spacial score (nSPS) is 10.9. The molecule has 0 spiro atoms. The molecule has 4 rings (SSSR count). The summed E-state index contributed by atoms with van der Waals surface area (Å²) in [7, 11) is 1.63. The van der Waals surface area contributed by atoms with Gasteiger partial charge in [0.05, 0.1) is 12.9 Å². The molecule has 7 heteroatoms. The summed E-state index contributed by atoms with van der Waals surface area (Å²) in [4.78, 5) is 4.42. The summed E-state index contributed by atoms with van der Waals surface area (Å²) < 4.78 is 16.4. The minimum atomic E-state index is 0.355. The molecular weight excluding hydrogens is 396 g/mol. The highest BCUT2D eigenvalue weighted by Gasteiger charge is 2.14.